The predicted molar refractivity (Wildman–Crippen MR) is 103 cm³/mol. The molecule has 0 aliphatic carbocycles. The van der Waals surface area contributed by atoms with Crippen LogP contribution in [0.2, 0.25) is 0 Å². The topological polar surface area (TPSA) is 50.2 Å². The molecule has 134 valence electrons. The summed E-state index contributed by atoms with van der Waals surface area (Å²) < 4.78 is 2.15. The summed E-state index contributed by atoms with van der Waals surface area (Å²) in [5.41, 5.74) is 3.31. The van der Waals surface area contributed by atoms with E-state index in [4.69, 9.17) is 4.98 Å². The highest BCUT2D eigenvalue weighted by atomic mass is 16.2. The van der Waals surface area contributed by atoms with Crippen LogP contribution in [0.25, 0.3) is 11.0 Å². The van der Waals surface area contributed by atoms with E-state index in [1.54, 1.807) is 0 Å². The van der Waals surface area contributed by atoms with Gasteiger partial charge in [0.1, 0.15) is 5.82 Å². The number of aryl methyl sites for hydroxylation is 1. The molecular formula is C21H24N4O. The first kappa shape index (κ1) is 16.8. The van der Waals surface area contributed by atoms with Gasteiger partial charge in [-0.25, -0.2) is 4.98 Å². The minimum atomic E-state index is -0.00805. The summed E-state index contributed by atoms with van der Waals surface area (Å²) in [6.45, 7) is 2.36. The maximum atomic E-state index is 11.8. The molecule has 0 bridgehead atoms. The minimum Gasteiger partial charge on any atom is -0.341 e. The number of para-hydroxylation sites is 2. The summed E-state index contributed by atoms with van der Waals surface area (Å²) in [7, 11) is 2.06. The quantitative estimate of drug-likeness (QED) is 0.745. The Hall–Kier alpha value is -2.66. The molecule has 0 spiro atoms. The summed E-state index contributed by atoms with van der Waals surface area (Å²) in [5, 5.41) is 3.62. The maximum absolute atomic E-state index is 11.8. The highest BCUT2D eigenvalue weighted by Gasteiger charge is 2.22. The Labute approximate surface area is 153 Å². The third-order valence-electron chi connectivity index (χ3n) is 5.11. The molecule has 3 aromatic rings. The summed E-state index contributed by atoms with van der Waals surface area (Å²) in [6.07, 6.45) is 1.67. The number of carbonyl (C=O) groups excluding carboxylic acids is 1. The monoisotopic (exact) mass is 348 g/mol. The van der Waals surface area contributed by atoms with Gasteiger partial charge in [-0.3, -0.25) is 4.79 Å². The first-order valence-electron chi connectivity index (χ1n) is 9.21. The van der Waals surface area contributed by atoms with Gasteiger partial charge in [0.2, 0.25) is 5.91 Å². The van der Waals surface area contributed by atoms with Crippen LogP contribution in [-0.4, -0.2) is 40.0 Å². The normalized spacial score (nSPS) is 15.7. The van der Waals surface area contributed by atoms with Crippen LogP contribution in [0.3, 0.4) is 0 Å². The highest BCUT2D eigenvalue weighted by molar-refractivity contribution is 5.78. The van der Waals surface area contributed by atoms with Gasteiger partial charge in [-0.2, -0.15) is 0 Å². The van der Waals surface area contributed by atoms with E-state index in [1.807, 2.05) is 29.2 Å². The number of likely N-dealkylation sites (tertiary alicyclic amines) is 1. The van der Waals surface area contributed by atoms with Crippen molar-refractivity contribution < 1.29 is 4.79 Å². The van der Waals surface area contributed by atoms with Gasteiger partial charge in [-0.15, -0.1) is 0 Å². The Kier molecular flexibility index (Phi) is 4.71. The second-order valence-electron chi connectivity index (χ2n) is 6.80. The van der Waals surface area contributed by atoms with E-state index < -0.39 is 0 Å². The summed E-state index contributed by atoms with van der Waals surface area (Å²) in [4.78, 5) is 18.7. The van der Waals surface area contributed by atoms with Crippen molar-refractivity contribution in [1.29, 1.82) is 0 Å². The van der Waals surface area contributed by atoms with Crippen molar-refractivity contribution in [3.8, 4) is 0 Å². The van der Waals surface area contributed by atoms with Crippen molar-refractivity contribution in [2.24, 2.45) is 7.05 Å². The molecule has 0 saturated carbocycles. The van der Waals surface area contributed by atoms with Crippen LogP contribution < -0.4 is 5.32 Å². The number of rotatable bonds is 6. The zero-order chi connectivity index (χ0) is 17.9. The van der Waals surface area contributed by atoms with Crippen LogP contribution in [0.4, 0.5) is 0 Å². The lowest BCUT2D eigenvalue weighted by atomic mass is 10.1. The van der Waals surface area contributed by atoms with Gasteiger partial charge in [-0.05, 0) is 24.1 Å². The van der Waals surface area contributed by atoms with E-state index in [-0.39, 0.29) is 11.9 Å². The van der Waals surface area contributed by atoms with Crippen LogP contribution in [0.5, 0.6) is 0 Å². The van der Waals surface area contributed by atoms with E-state index in [0.717, 1.165) is 42.9 Å². The third-order valence-corrected chi connectivity index (χ3v) is 5.11. The number of carbonyl (C=O) groups is 1. The number of aromatic nitrogens is 2. The second kappa shape index (κ2) is 7.30. The minimum absolute atomic E-state index is 0.00805. The molecule has 1 atom stereocenters. The van der Waals surface area contributed by atoms with Gasteiger partial charge in [0.05, 0.1) is 17.1 Å². The Bertz CT molecular complexity index is 903. The van der Waals surface area contributed by atoms with Gasteiger partial charge in [0.15, 0.2) is 0 Å². The van der Waals surface area contributed by atoms with Crippen LogP contribution in [-0.2, 0) is 11.8 Å². The van der Waals surface area contributed by atoms with Crippen LogP contribution in [0.1, 0.15) is 30.3 Å². The summed E-state index contributed by atoms with van der Waals surface area (Å²) >= 11 is 0. The van der Waals surface area contributed by atoms with Crippen LogP contribution >= 0.6 is 0 Å². The van der Waals surface area contributed by atoms with Gasteiger partial charge in [0, 0.05) is 33.1 Å². The number of nitrogens with one attached hydrogen (secondary N) is 1. The zero-order valence-electron chi connectivity index (χ0n) is 15.1. The second-order valence-corrected chi connectivity index (χ2v) is 6.80. The molecule has 5 nitrogen and oxygen atoms in total. The van der Waals surface area contributed by atoms with E-state index in [1.165, 1.54) is 5.56 Å². The molecule has 1 aromatic heterocycles. The van der Waals surface area contributed by atoms with Gasteiger partial charge in [-0.1, -0.05) is 42.5 Å². The van der Waals surface area contributed by atoms with Crippen molar-refractivity contribution in [3.63, 3.8) is 0 Å². The average molecular weight is 348 g/mol. The molecule has 0 unspecified atom stereocenters. The van der Waals surface area contributed by atoms with Crippen molar-refractivity contribution in [3.05, 3.63) is 66.0 Å². The van der Waals surface area contributed by atoms with E-state index in [0.29, 0.717) is 6.42 Å². The van der Waals surface area contributed by atoms with Crippen molar-refractivity contribution >= 4 is 16.9 Å². The van der Waals surface area contributed by atoms with Crippen LogP contribution in [0.15, 0.2) is 54.6 Å². The SMILES string of the molecule is Cn1c([C@H](NCCN2CCCC2=O)c2ccccc2)nc2ccccc21. The fourth-order valence-corrected chi connectivity index (χ4v) is 3.71. The van der Waals surface area contributed by atoms with Crippen molar-refractivity contribution in [2.75, 3.05) is 19.6 Å². The molecule has 26 heavy (non-hydrogen) atoms. The maximum Gasteiger partial charge on any atom is 0.222 e. The number of hydrogen-bond acceptors (Lipinski definition) is 3. The van der Waals surface area contributed by atoms with E-state index >= 15 is 0 Å². The number of amides is 1. The lowest BCUT2D eigenvalue weighted by Gasteiger charge is -2.22. The standard InChI is InChI=1S/C21H24N4O/c1-24-18-11-6-5-10-17(18)23-21(24)20(16-8-3-2-4-9-16)22-13-15-25-14-7-12-19(25)26/h2-6,8-11,20,22H,7,12-15H2,1H3/t20-/m1/s1. The molecular weight excluding hydrogens is 324 g/mol. The molecule has 2 aromatic carbocycles. The molecule has 1 saturated heterocycles. The molecule has 2 heterocycles. The number of benzene rings is 2. The zero-order valence-corrected chi connectivity index (χ0v) is 15.1. The first-order chi connectivity index (χ1) is 12.7. The number of fused-ring (bicyclic) bond motifs is 1. The Morgan fingerprint density at radius 2 is 1.88 bits per heavy atom. The third kappa shape index (κ3) is 3.22. The largest absolute Gasteiger partial charge is 0.341 e. The predicted octanol–water partition coefficient (Wildman–Crippen LogP) is 2.87. The summed E-state index contributed by atoms with van der Waals surface area (Å²) in [5.74, 6) is 1.26. The molecule has 1 aliphatic rings. The molecule has 1 amide bonds. The van der Waals surface area contributed by atoms with Gasteiger partial charge < -0.3 is 14.8 Å². The average Bonchev–Trinajstić information content (AvgIpc) is 3.23. The lowest BCUT2D eigenvalue weighted by Crippen LogP contribution is -2.35. The first-order valence-corrected chi connectivity index (χ1v) is 9.21. The van der Waals surface area contributed by atoms with Crippen molar-refractivity contribution in [1.82, 2.24) is 19.8 Å². The molecule has 1 aliphatic heterocycles. The fourth-order valence-electron chi connectivity index (χ4n) is 3.71. The van der Waals surface area contributed by atoms with E-state index in [9.17, 15) is 4.79 Å². The number of hydrogen-bond donors (Lipinski definition) is 1. The fraction of sp³-hybridized carbons (Fsp3) is 0.333. The van der Waals surface area contributed by atoms with Crippen molar-refractivity contribution in [2.45, 2.75) is 18.9 Å². The smallest absolute Gasteiger partial charge is 0.222 e. The number of imidazole rings is 1. The van der Waals surface area contributed by atoms with Gasteiger partial charge >= 0.3 is 0 Å². The molecule has 5 heteroatoms. The highest BCUT2D eigenvalue weighted by Crippen LogP contribution is 2.24. The van der Waals surface area contributed by atoms with Gasteiger partial charge in [0.25, 0.3) is 0 Å². The van der Waals surface area contributed by atoms with E-state index in [2.05, 4.69) is 47.3 Å². The molecule has 1 N–H and O–H groups in total. The summed E-state index contributed by atoms with van der Waals surface area (Å²) in [6, 6.07) is 18.6. The lowest BCUT2D eigenvalue weighted by molar-refractivity contribution is -0.127. The Morgan fingerprint density at radius 3 is 2.62 bits per heavy atom. The molecule has 4 rings (SSSR count). The Balaban J connectivity index is 1.60. The molecule has 1 fully saturated rings. The van der Waals surface area contributed by atoms with Crippen LogP contribution in [0, 0.1) is 0 Å². The number of nitrogens with zero attached hydrogens (tertiary/aromatic N) is 3. The Morgan fingerprint density at radius 1 is 1.12 bits per heavy atom. The molecule has 0 radical (unpaired) electrons.